The smallest absolute Gasteiger partial charge is 0.268 e. The zero-order valence-corrected chi connectivity index (χ0v) is 17.5. The van der Waals surface area contributed by atoms with E-state index in [1.165, 1.54) is 52.6 Å². The zero-order chi connectivity index (χ0) is 21.3. The molecule has 0 aliphatic rings. The fourth-order valence-electron chi connectivity index (χ4n) is 2.73. The maximum absolute atomic E-state index is 13.2. The van der Waals surface area contributed by atoms with Crippen LogP contribution >= 0.6 is 22.9 Å². The Hall–Kier alpha value is -2.95. The maximum Gasteiger partial charge on any atom is 0.268 e. The van der Waals surface area contributed by atoms with Gasteiger partial charge in [0.2, 0.25) is 0 Å². The molecule has 30 heavy (non-hydrogen) atoms. The van der Waals surface area contributed by atoms with E-state index in [1.54, 1.807) is 17.5 Å². The van der Waals surface area contributed by atoms with E-state index in [0.717, 1.165) is 6.07 Å². The van der Waals surface area contributed by atoms with Crippen LogP contribution in [0.25, 0.3) is 10.9 Å². The summed E-state index contributed by atoms with van der Waals surface area (Å²) in [5.41, 5.74) is 0.522. The average molecular weight is 466 g/mol. The number of rotatable bonds is 6. The molecule has 2 heterocycles. The molecule has 0 atom stereocenters. The molecule has 0 saturated heterocycles. The second kappa shape index (κ2) is 8.05. The van der Waals surface area contributed by atoms with Crippen molar-refractivity contribution >= 4 is 54.9 Å². The van der Waals surface area contributed by atoms with E-state index in [4.69, 9.17) is 16.3 Å². The van der Waals surface area contributed by atoms with Gasteiger partial charge >= 0.3 is 0 Å². The minimum Gasteiger partial charge on any atom is -0.484 e. The van der Waals surface area contributed by atoms with Gasteiger partial charge in [-0.3, -0.25) is 14.1 Å². The molecule has 4 aromatic rings. The van der Waals surface area contributed by atoms with Crippen LogP contribution in [0.3, 0.4) is 0 Å². The molecule has 11 heteroatoms. The zero-order valence-electron chi connectivity index (χ0n) is 15.1. The van der Waals surface area contributed by atoms with Crippen LogP contribution in [0.15, 0.2) is 65.1 Å². The van der Waals surface area contributed by atoms with Crippen LogP contribution in [0.5, 0.6) is 5.75 Å². The number of nitrogens with zero attached hydrogens (tertiary/aromatic N) is 2. The van der Waals surface area contributed by atoms with Gasteiger partial charge in [-0.05, 0) is 36.4 Å². The molecule has 0 aliphatic carbocycles. The van der Waals surface area contributed by atoms with Crippen LogP contribution in [-0.4, -0.2) is 30.5 Å². The van der Waals surface area contributed by atoms with Gasteiger partial charge in [0.05, 0.1) is 15.4 Å². The number of ether oxygens (including phenoxy) is 1. The van der Waals surface area contributed by atoms with Crippen LogP contribution in [0, 0.1) is 5.82 Å². The Morgan fingerprint density at radius 2 is 2.07 bits per heavy atom. The van der Waals surface area contributed by atoms with E-state index in [1.807, 2.05) is 0 Å². The molecule has 2 aromatic carbocycles. The first kappa shape index (κ1) is 20.3. The number of thiazole rings is 1. The Labute approximate surface area is 179 Å². The molecule has 7 nitrogen and oxygen atoms in total. The van der Waals surface area contributed by atoms with E-state index in [0.29, 0.717) is 10.9 Å². The normalized spacial score (nSPS) is 11.5. The van der Waals surface area contributed by atoms with Crippen molar-refractivity contribution < 1.29 is 22.3 Å². The SMILES string of the molecule is O=C(COc1ccc(F)c(Cl)c1)n1ccc2cc(S(=O)(=O)Nc3nccs3)ccc21. The monoisotopic (exact) mass is 465 g/mol. The van der Waals surface area contributed by atoms with Gasteiger partial charge in [-0.2, -0.15) is 0 Å². The molecule has 1 N–H and O–H groups in total. The molecule has 0 saturated carbocycles. The number of nitrogens with one attached hydrogen (secondary N) is 1. The first-order valence-corrected chi connectivity index (χ1v) is 11.2. The van der Waals surface area contributed by atoms with Crippen molar-refractivity contribution in [2.75, 3.05) is 11.3 Å². The minimum absolute atomic E-state index is 0.0487. The number of carbonyl (C=O) groups excluding carboxylic acids is 1. The van der Waals surface area contributed by atoms with Gasteiger partial charge in [-0.1, -0.05) is 11.6 Å². The summed E-state index contributed by atoms with van der Waals surface area (Å²) >= 11 is 6.87. The maximum atomic E-state index is 13.2. The second-order valence-corrected chi connectivity index (χ2v) is 9.09. The molecule has 0 unspecified atom stereocenters. The second-order valence-electron chi connectivity index (χ2n) is 6.11. The molecule has 2 aromatic heterocycles. The average Bonchev–Trinajstić information content (AvgIpc) is 3.37. The van der Waals surface area contributed by atoms with E-state index >= 15 is 0 Å². The summed E-state index contributed by atoms with van der Waals surface area (Å²) < 4.78 is 47.4. The third-order valence-electron chi connectivity index (χ3n) is 4.15. The van der Waals surface area contributed by atoms with Crippen molar-refractivity contribution in [2.45, 2.75) is 4.90 Å². The summed E-state index contributed by atoms with van der Waals surface area (Å²) in [5, 5.41) is 2.39. The van der Waals surface area contributed by atoms with E-state index in [9.17, 15) is 17.6 Å². The highest BCUT2D eigenvalue weighted by Crippen LogP contribution is 2.24. The number of anilines is 1. The number of benzene rings is 2. The molecule has 0 amide bonds. The van der Waals surface area contributed by atoms with Crippen molar-refractivity contribution in [3.05, 3.63) is 71.1 Å². The number of halogens is 2. The highest BCUT2D eigenvalue weighted by atomic mass is 35.5. The van der Waals surface area contributed by atoms with Crippen LogP contribution in [-0.2, 0) is 10.0 Å². The summed E-state index contributed by atoms with van der Waals surface area (Å²) in [7, 11) is -3.80. The quantitative estimate of drug-likeness (QED) is 0.455. The highest BCUT2D eigenvalue weighted by Gasteiger charge is 2.18. The molecule has 0 spiro atoms. The van der Waals surface area contributed by atoms with Gasteiger partial charge in [0.25, 0.3) is 15.9 Å². The van der Waals surface area contributed by atoms with Gasteiger partial charge in [0.15, 0.2) is 11.7 Å². The lowest BCUT2D eigenvalue weighted by Crippen LogP contribution is -2.18. The van der Waals surface area contributed by atoms with Crippen LogP contribution in [0.2, 0.25) is 5.02 Å². The summed E-state index contributed by atoms with van der Waals surface area (Å²) in [6.07, 6.45) is 3.03. The van der Waals surface area contributed by atoms with Crippen molar-refractivity contribution in [2.24, 2.45) is 0 Å². The predicted molar refractivity (Wildman–Crippen MR) is 112 cm³/mol. The molecule has 0 aliphatic heterocycles. The number of carbonyl (C=O) groups is 1. The van der Waals surface area contributed by atoms with Crippen molar-refractivity contribution in [1.82, 2.24) is 9.55 Å². The topological polar surface area (TPSA) is 90.3 Å². The number of fused-ring (bicyclic) bond motifs is 1. The number of hydrogen-bond donors (Lipinski definition) is 1. The Morgan fingerprint density at radius 1 is 1.23 bits per heavy atom. The summed E-state index contributed by atoms with van der Waals surface area (Å²) in [6.45, 7) is -0.308. The fraction of sp³-hybridized carbons (Fsp3) is 0.0526. The molecular formula is C19H13ClFN3O4S2. The Kier molecular flexibility index (Phi) is 5.46. The third-order valence-corrected chi connectivity index (χ3v) is 6.59. The summed E-state index contributed by atoms with van der Waals surface area (Å²) in [5.74, 6) is -0.711. The minimum atomic E-state index is -3.80. The van der Waals surface area contributed by atoms with Crippen LogP contribution in [0.4, 0.5) is 9.52 Å². The van der Waals surface area contributed by atoms with Gasteiger partial charge < -0.3 is 4.74 Å². The predicted octanol–water partition coefficient (Wildman–Crippen LogP) is 4.41. The van der Waals surface area contributed by atoms with E-state index < -0.39 is 15.8 Å². The lowest BCUT2D eigenvalue weighted by atomic mass is 10.2. The number of aromatic nitrogens is 2. The van der Waals surface area contributed by atoms with Gasteiger partial charge in [0.1, 0.15) is 11.6 Å². The molecule has 0 radical (unpaired) electrons. The Bertz CT molecular complexity index is 1340. The fourth-order valence-corrected chi connectivity index (χ4v) is 4.73. The number of sulfonamides is 1. The molecule has 0 bridgehead atoms. The van der Waals surface area contributed by atoms with Crippen LogP contribution < -0.4 is 9.46 Å². The van der Waals surface area contributed by atoms with Crippen molar-refractivity contribution in [3.8, 4) is 5.75 Å². The number of hydrogen-bond acceptors (Lipinski definition) is 6. The molecule has 4 rings (SSSR count). The van der Waals surface area contributed by atoms with Crippen molar-refractivity contribution in [3.63, 3.8) is 0 Å². The van der Waals surface area contributed by atoms with E-state index in [2.05, 4.69) is 9.71 Å². The van der Waals surface area contributed by atoms with Gasteiger partial charge in [-0.15, -0.1) is 11.3 Å². The first-order chi connectivity index (χ1) is 14.3. The lowest BCUT2D eigenvalue weighted by Gasteiger charge is -2.09. The molecule has 0 fully saturated rings. The largest absolute Gasteiger partial charge is 0.484 e. The molecular weight excluding hydrogens is 453 g/mol. The Balaban J connectivity index is 1.53. The molecule has 154 valence electrons. The highest BCUT2D eigenvalue weighted by molar-refractivity contribution is 7.93. The standard InChI is InChI=1S/C19H13ClFN3O4S2/c20-15-10-13(1-3-16(15)21)28-11-18(25)24-7-5-12-9-14(2-4-17(12)24)30(26,27)23-19-22-6-8-29-19/h1-10H,11H2,(H,22,23). The van der Waals surface area contributed by atoms with Crippen LogP contribution in [0.1, 0.15) is 4.79 Å². The third kappa shape index (κ3) is 4.16. The summed E-state index contributed by atoms with van der Waals surface area (Å²) in [4.78, 5) is 16.5. The first-order valence-electron chi connectivity index (χ1n) is 8.48. The van der Waals surface area contributed by atoms with E-state index in [-0.39, 0.29) is 33.3 Å². The lowest BCUT2D eigenvalue weighted by molar-refractivity contribution is 0.0843. The Morgan fingerprint density at radius 3 is 2.80 bits per heavy atom. The van der Waals surface area contributed by atoms with Crippen molar-refractivity contribution in [1.29, 1.82) is 0 Å². The summed E-state index contributed by atoms with van der Waals surface area (Å²) in [6, 6.07) is 9.84. The van der Waals surface area contributed by atoms with Gasteiger partial charge in [0, 0.05) is 29.2 Å². The van der Waals surface area contributed by atoms with Gasteiger partial charge in [-0.25, -0.2) is 17.8 Å².